The van der Waals surface area contributed by atoms with Gasteiger partial charge in [-0.25, -0.2) is 15.0 Å². The van der Waals surface area contributed by atoms with E-state index in [1.54, 1.807) is 6.92 Å². The molecule has 0 spiro atoms. The van der Waals surface area contributed by atoms with E-state index in [0.29, 0.717) is 12.8 Å². The van der Waals surface area contributed by atoms with E-state index in [1.807, 2.05) is 54.6 Å². The van der Waals surface area contributed by atoms with Crippen molar-refractivity contribution in [2.24, 2.45) is 0 Å². The lowest BCUT2D eigenvalue weighted by Gasteiger charge is -2.37. The summed E-state index contributed by atoms with van der Waals surface area (Å²) in [6.45, 7) is 2.14. The van der Waals surface area contributed by atoms with Crippen molar-refractivity contribution in [1.29, 1.82) is 0 Å². The Balaban J connectivity index is 1.72. The number of carboxylic acids is 1. The summed E-state index contributed by atoms with van der Waals surface area (Å²) in [4.78, 5) is 38.9. The molecular formula is C24H29N3O5. The van der Waals surface area contributed by atoms with Crippen LogP contribution in [-0.4, -0.2) is 58.7 Å². The van der Waals surface area contributed by atoms with Crippen LogP contribution in [0.25, 0.3) is 0 Å². The van der Waals surface area contributed by atoms with Crippen LogP contribution < -0.4 is 5.43 Å². The van der Waals surface area contributed by atoms with Crippen LogP contribution in [0.2, 0.25) is 0 Å². The molecular weight excluding hydrogens is 410 g/mol. The lowest BCUT2D eigenvalue weighted by Crippen LogP contribution is -2.58. The van der Waals surface area contributed by atoms with Crippen LogP contribution in [0.5, 0.6) is 0 Å². The van der Waals surface area contributed by atoms with Gasteiger partial charge in [0.15, 0.2) is 0 Å². The van der Waals surface area contributed by atoms with E-state index in [0.717, 1.165) is 16.7 Å². The van der Waals surface area contributed by atoms with Gasteiger partial charge in [0.25, 0.3) is 0 Å². The van der Waals surface area contributed by atoms with Gasteiger partial charge in [-0.1, -0.05) is 54.6 Å². The number of hydrazine groups is 1. The van der Waals surface area contributed by atoms with E-state index >= 15 is 0 Å². The predicted molar refractivity (Wildman–Crippen MR) is 119 cm³/mol. The first-order valence-electron chi connectivity index (χ1n) is 10.7. The second kappa shape index (κ2) is 10.8. The molecule has 2 atom stereocenters. The molecule has 0 saturated heterocycles. The van der Waals surface area contributed by atoms with Gasteiger partial charge >= 0.3 is 18.0 Å². The zero-order valence-corrected chi connectivity index (χ0v) is 18.4. The van der Waals surface area contributed by atoms with Gasteiger partial charge in [0.05, 0.1) is 6.61 Å². The van der Waals surface area contributed by atoms with Crippen molar-refractivity contribution in [2.45, 2.75) is 44.8 Å². The molecule has 2 amide bonds. The maximum Gasteiger partial charge on any atom is 0.335 e. The predicted octanol–water partition coefficient (Wildman–Crippen LogP) is 2.62. The third-order valence-electron chi connectivity index (χ3n) is 5.55. The minimum atomic E-state index is -1.06. The third kappa shape index (κ3) is 5.64. The number of nitrogens with zero attached hydrogens (tertiary/aromatic N) is 2. The first kappa shape index (κ1) is 23.3. The fourth-order valence-corrected chi connectivity index (χ4v) is 3.86. The molecule has 2 aromatic rings. The molecule has 0 aliphatic carbocycles. The number of aryl methyl sites for hydroxylation is 1. The Bertz CT molecular complexity index is 950. The van der Waals surface area contributed by atoms with Crippen LogP contribution in [0.3, 0.4) is 0 Å². The largest absolute Gasteiger partial charge is 0.480 e. The quantitative estimate of drug-likeness (QED) is 0.485. The van der Waals surface area contributed by atoms with Gasteiger partial charge in [0.2, 0.25) is 0 Å². The molecule has 1 aliphatic rings. The lowest BCUT2D eigenvalue weighted by atomic mass is 9.94. The monoisotopic (exact) mass is 439 g/mol. The molecule has 2 N–H and O–H groups in total. The summed E-state index contributed by atoms with van der Waals surface area (Å²) in [5.41, 5.74) is 5.83. The van der Waals surface area contributed by atoms with Crippen LogP contribution in [0.1, 0.15) is 30.0 Å². The number of benzene rings is 2. The van der Waals surface area contributed by atoms with Gasteiger partial charge in [0, 0.05) is 20.0 Å². The number of urea groups is 1. The molecule has 0 fully saturated rings. The molecule has 32 heavy (non-hydrogen) atoms. The van der Waals surface area contributed by atoms with Crippen molar-refractivity contribution < 1.29 is 24.2 Å². The van der Waals surface area contributed by atoms with E-state index in [2.05, 4.69) is 5.43 Å². The second-order valence-electron chi connectivity index (χ2n) is 7.75. The summed E-state index contributed by atoms with van der Waals surface area (Å²) in [5.74, 6) is -1.52. The summed E-state index contributed by atoms with van der Waals surface area (Å²) >= 11 is 0. The average molecular weight is 440 g/mol. The van der Waals surface area contributed by atoms with Crippen molar-refractivity contribution in [2.75, 3.05) is 13.7 Å². The molecule has 8 nitrogen and oxygen atoms in total. The van der Waals surface area contributed by atoms with Crippen LogP contribution in [-0.2, 0) is 33.7 Å². The SMILES string of the molecule is CCOC(=O)C(CCc1ccccc1)NN(C)C(=O)N1Cc2ccccc2CC1C(=O)O. The second-order valence-corrected chi connectivity index (χ2v) is 7.75. The summed E-state index contributed by atoms with van der Waals surface area (Å²) in [6.07, 6.45) is 1.28. The number of fused-ring (bicyclic) bond motifs is 1. The van der Waals surface area contributed by atoms with Crippen molar-refractivity contribution >= 4 is 18.0 Å². The molecule has 0 radical (unpaired) electrons. The van der Waals surface area contributed by atoms with E-state index in [9.17, 15) is 19.5 Å². The number of amides is 2. The Hall–Kier alpha value is -3.39. The number of hydrogen-bond acceptors (Lipinski definition) is 5. The number of aliphatic carboxylic acids is 1. The van der Waals surface area contributed by atoms with E-state index in [1.165, 1.54) is 17.0 Å². The number of carbonyl (C=O) groups excluding carboxylic acids is 2. The standard InChI is InChI=1S/C24H29N3O5/c1-3-32-23(30)20(14-13-17-9-5-4-6-10-17)25-26(2)24(31)27-16-19-12-8-7-11-18(19)15-21(27)22(28)29/h4-12,20-21,25H,3,13-16H2,1-2H3,(H,28,29). The van der Waals surface area contributed by atoms with Crippen LogP contribution in [0.4, 0.5) is 4.79 Å². The zero-order valence-electron chi connectivity index (χ0n) is 18.4. The molecule has 2 aromatic carbocycles. The topological polar surface area (TPSA) is 99.2 Å². The maximum atomic E-state index is 13.2. The minimum Gasteiger partial charge on any atom is -0.480 e. The fourth-order valence-electron chi connectivity index (χ4n) is 3.86. The number of carbonyl (C=O) groups is 3. The number of carboxylic acid groups (broad SMARTS) is 1. The highest BCUT2D eigenvalue weighted by molar-refractivity contribution is 5.84. The number of esters is 1. The summed E-state index contributed by atoms with van der Waals surface area (Å²) in [5, 5.41) is 10.9. The van der Waals surface area contributed by atoms with Gasteiger partial charge < -0.3 is 14.7 Å². The molecule has 8 heteroatoms. The Kier molecular flexibility index (Phi) is 7.83. The Morgan fingerprint density at radius 2 is 1.78 bits per heavy atom. The lowest BCUT2D eigenvalue weighted by molar-refractivity contribution is -0.147. The molecule has 3 rings (SSSR count). The fraction of sp³-hybridized carbons (Fsp3) is 0.375. The number of hydrogen-bond donors (Lipinski definition) is 2. The third-order valence-corrected chi connectivity index (χ3v) is 5.55. The van der Waals surface area contributed by atoms with E-state index < -0.39 is 30.1 Å². The molecule has 1 aliphatic heterocycles. The summed E-state index contributed by atoms with van der Waals surface area (Å²) in [6, 6.07) is 15.0. The van der Waals surface area contributed by atoms with Crippen molar-refractivity contribution in [1.82, 2.24) is 15.3 Å². The highest BCUT2D eigenvalue weighted by Gasteiger charge is 2.36. The number of rotatable bonds is 8. The molecule has 0 aromatic heterocycles. The first-order chi connectivity index (χ1) is 15.4. The Morgan fingerprint density at radius 1 is 1.12 bits per heavy atom. The van der Waals surface area contributed by atoms with Gasteiger partial charge in [-0.15, -0.1) is 0 Å². The van der Waals surface area contributed by atoms with Crippen LogP contribution in [0.15, 0.2) is 54.6 Å². The van der Waals surface area contributed by atoms with Crippen molar-refractivity contribution in [3.63, 3.8) is 0 Å². The van der Waals surface area contributed by atoms with Gasteiger partial charge in [-0.2, -0.15) is 0 Å². The van der Waals surface area contributed by atoms with E-state index in [4.69, 9.17) is 4.74 Å². The summed E-state index contributed by atoms with van der Waals surface area (Å²) in [7, 11) is 1.50. The van der Waals surface area contributed by atoms with Crippen LogP contribution >= 0.6 is 0 Å². The minimum absolute atomic E-state index is 0.187. The number of ether oxygens (including phenoxy) is 1. The molecule has 0 bridgehead atoms. The maximum absolute atomic E-state index is 13.2. The Labute approximate surface area is 187 Å². The highest BCUT2D eigenvalue weighted by atomic mass is 16.5. The van der Waals surface area contributed by atoms with Gasteiger partial charge in [-0.3, -0.25) is 9.80 Å². The van der Waals surface area contributed by atoms with Gasteiger partial charge in [0.1, 0.15) is 12.1 Å². The summed E-state index contributed by atoms with van der Waals surface area (Å²) < 4.78 is 5.18. The van der Waals surface area contributed by atoms with E-state index in [-0.39, 0.29) is 19.6 Å². The highest BCUT2D eigenvalue weighted by Crippen LogP contribution is 2.24. The normalized spacial score (nSPS) is 16.1. The van der Waals surface area contributed by atoms with Gasteiger partial charge in [-0.05, 0) is 36.5 Å². The average Bonchev–Trinajstić information content (AvgIpc) is 2.80. The van der Waals surface area contributed by atoms with Crippen LogP contribution in [0, 0.1) is 0 Å². The molecule has 2 unspecified atom stereocenters. The zero-order chi connectivity index (χ0) is 23.1. The van der Waals surface area contributed by atoms with Crippen molar-refractivity contribution in [3.05, 3.63) is 71.3 Å². The smallest absolute Gasteiger partial charge is 0.335 e. The molecule has 170 valence electrons. The first-order valence-corrected chi connectivity index (χ1v) is 10.7. The van der Waals surface area contributed by atoms with Crippen molar-refractivity contribution in [3.8, 4) is 0 Å². The Morgan fingerprint density at radius 3 is 2.44 bits per heavy atom. The molecule has 1 heterocycles. The number of nitrogens with one attached hydrogen (secondary N) is 1. The molecule has 0 saturated carbocycles.